The monoisotopic (exact) mass is 288 g/mol. The molecule has 15 heavy (non-hydrogen) atoms. The van der Waals surface area contributed by atoms with E-state index in [9.17, 15) is 8.78 Å². The molecule has 1 aromatic rings. The summed E-state index contributed by atoms with van der Waals surface area (Å²) < 4.78 is 35.4. The molecule has 0 unspecified atom stereocenters. The van der Waals surface area contributed by atoms with E-state index in [0.717, 1.165) is 12.1 Å². The fraction of sp³-hybridized carbons (Fsp3) is 0.333. The Labute approximate surface area is 113 Å². The summed E-state index contributed by atoms with van der Waals surface area (Å²) >= 11 is 0. The quantitative estimate of drug-likeness (QED) is 0.460. The van der Waals surface area contributed by atoms with Gasteiger partial charge >= 0.3 is 23.1 Å². The van der Waals surface area contributed by atoms with E-state index in [-0.39, 0.29) is 40.0 Å². The Balaban J connectivity index is 0.000000980. The van der Waals surface area contributed by atoms with Gasteiger partial charge in [-0.15, -0.1) is 17.7 Å². The van der Waals surface area contributed by atoms with Crippen LogP contribution in [0, 0.1) is 17.7 Å². The van der Waals surface area contributed by atoms with Gasteiger partial charge in [-0.05, 0) is 0 Å². The first-order valence-electron chi connectivity index (χ1n) is 3.87. The molecule has 0 spiro atoms. The number of rotatable bonds is 1. The summed E-state index contributed by atoms with van der Waals surface area (Å²) in [6.07, 6.45) is -0.602. The molecule has 0 atom stereocenters. The summed E-state index contributed by atoms with van der Waals surface area (Å²) in [4.78, 5) is 0. The first-order valence-corrected chi connectivity index (χ1v) is 3.87. The molecule has 78 valence electrons. The van der Waals surface area contributed by atoms with Gasteiger partial charge in [0, 0.05) is 11.6 Å². The fourth-order valence-corrected chi connectivity index (χ4v) is 1.14. The topological polar surface area (TPSA) is 18.5 Å². The largest absolute Gasteiger partial charge is 2.00 e. The van der Waals surface area contributed by atoms with Crippen molar-refractivity contribution >= 4 is 23.1 Å². The van der Waals surface area contributed by atoms with Crippen molar-refractivity contribution in [2.24, 2.45) is 0 Å². The molecule has 0 aromatic heterocycles. The molecule has 1 aliphatic heterocycles. The molecule has 1 aliphatic rings. The minimum atomic E-state index is -0.915. The van der Waals surface area contributed by atoms with Gasteiger partial charge in [0.2, 0.25) is 0 Å². The Morgan fingerprint density at radius 3 is 2.33 bits per heavy atom. The number of benzene rings is 1. The summed E-state index contributed by atoms with van der Waals surface area (Å²) in [5, 5.41) is 0. The van der Waals surface area contributed by atoms with Gasteiger partial charge in [-0.2, -0.15) is 6.07 Å². The molecule has 0 aliphatic carbocycles. The van der Waals surface area contributed by atoms with Gasteiger partial charge in [-0.3, -0.25) is 4.39 Å². The number of hydrogen-bond donors (Lipinski definition) is 0. The molecular formula is C9H7BrF2MgO2. The van der Waals surface area contributed by atoms with E-state index in [4.69, 9.17) is 9.47 Å². The molecule has 2 rings (SSSR count). The zero-order valence-electron chi connectivity index (χ0n) is 7.80. The van der Waals surface area contributed by atoms with Crippen molar-refractivity contribution in [1.82, 2.24) is 0 Å². The van der Waals surface area contributed by atoms with Gasteiger partial charge in [0.1, 0.15) is 0 Å². The SMILES string of the molecule is Fc1c[c-]c(C2OCCO2)cc1F.[Br-].[Mg+2]. The predicted molar refractivity (Wildman–Crippen MR) is 45.6 cm³/mol. The van der Waals surface area contributed by atoms with Crippen LogP contribution in [0.15, 0.2) is 12.1 Å². The summed E-state index contributed by atoms with van der Waals surface area (Å²) in [5.74, 6) is -1.82. The van der Waals surface area contributed by atoms with Gasteiger partial charge in [-0.1, -0.05) is 0 Å². The van der Waals surface area contributed by atoms with Crippen molar-refractivity contribution in [3.05, 3.63) is 35.4 Å². The average molecular weight is 289 g/mol. The second-order valence-electron chi connectivity index (χ2n) is 2.66. The Kier molecular flexibility index (Phi) is 6.86. The normalized spacial score (nSPS) is 15.6. The Bertz CT molecular complexity index is 319. The van der Waals surface area contributed by atoms with Gasteiger partial charge in [0.15, 0.2) is 6.29 Å². The molecule has 1 aromatic carbocycles. The van der Waals surface area contributed by atoms with Crippen LogP contribution in [0.1, 0.15) is 11.9 Å². The van der Waals surface area contributed by atoms with Crippen LogP contribution in [-0.4, -0.2) is 36.3 Å². The first-order chi connectivity index (χ1) is 6.27. The molecule has 0 amide bonds. The van der Waals surface area contributed by atoms with Crippen molar-refractivity contribution in [3.63, 3.8) is 0 Å². The van der Waals surface area contributed by atoms with E-state index in [0.29, 0.717) is 18.8 Å². The molecule has 1 fully saturated rings. The van der Waals surface area contributed by atoms with Crippen LogP contribution in [0.4, 0.5) is 8.78 Å². The number of halogens is 3. The maximum absolute atomic E-state index is 12.7. The van der Waals surface area contributed by atoms with Crippen molar-refractivity contribution in [2.45, 2.75) is 6.29 Å². The second-order valence-corrected chi connectivity index (χ2v) is 2.66. The predicted octanol–water partition coefficient (Wildman–Crippen LogP) is -1.57. The molecular weight excluding hydrogens is 282 g/mol. The molecule has 2 nitrogen and oxygen atoms in total. The van der Waals surface area contributed by atoms with Crippen LogP contribution in [0.2, 0.25) is 0 Å². The van der Waals surface area contributed by atoms with Crippen LogP contribution in [-0.2, 0) is 9.47 Å². The number of hydrogen-bond acceptors (Lipinski definition) is 2. The Morgan fingerprint density at radius 2 is 1.80 bits per heavy atom. The summed E-state index contributed by atoms with van der Waals surface area (Å²) in [7, 11) is 0. The third-order valence-corrected chi connectivity index (χ3v) is 1.75. The van der Waals surface area contributed by atoms with Crippen LogP contribution in [0.25, 0.3) is 0 Å². The summed E-state index contributed by atoms with van der Waals surface area (Å²) in [6.45, 7) is 0.939. The smallest absolute Gasteiger partial charge is 1.00 e. The van der Waals surface area contributed by atoms with Crippen molar-refractivity contribution in [1.29, 1.82) is 0 Å². The van der Waals surface area contributed by atoms with Gasteiger partial charge in [-0.25, -0.2) is 4.39 Å². The van der Waals surface area contributed by atoms with E-state index in [2.05, 4.69) is 6.07 Å². The van der Waals surface area contributed by atoms with E-state index in [1.54, 1.807) is 0 Å². The first kappa shape index (κ1) is 15.2. The standard InChI is InChI=1S/C9H7F2O2.BrH.Mg/c10-7-2-1-6(5-8(7)11)9-12-3-4-13-9;;/h2,5,9H,3-4H2;1H;/q-1;;+2/p-1. The zero-order chi connectivity index (χ0) is 9.26. The minimum absolute atomic E-state index is 0. The maximum atomic E-state index is 12.7. The maximum Gasteiger partial charge on any atom is 2.00 e. The van der Waals surface area contributed by atoms with Crippen molar-refractivity contribution in [2.75, 3.05) is 13.2 Å². The molecule has 0 bridgehead atoms. The molecule has 0 N–H and O–H groups in total. The van der Waals surface area contributed by atoms with Gasteiger partial charge in [0.25, 0.3) is 0 Å². The third kappa shape index (κ3) is 3.63. The van der Waals surface area contributed by atoms with Gasteiger partial charge in [0.05, 0.1) is 13.2 Å². The third-order valence-electron chi connectivity index (χ3n) is 1.75. The van der Waals surface area contributed by atoms with Crippen LogP contribution in [0.3, 0.4) is 0 Å². The molecule has 1 saturated heterocycles. The zero-order valence-corrected chi connectivity index (χ0v) is 10.8. The summed E-state index contributed by atoms with van der Waals surface area (Å²) in [6, 6.07) is 4.53. The minimum Gasteiger partial charge on any atom is -1.00 e. The Hall–Kier alpha value is 0.246. The van der Waals surface area contributed by atoms with E-state index >= 15 is 0 Å². The van der Waals surface area contributed by atoms with Crippen molar-refractivity contribution in [3.8, 4) is 0 Å². The number of ether oxygens (including phenoxy) is 2. The van der Waals surface area contributed by atoms with E-state index in [1.165, 1.54) is 0 Å². The van der Waals surface area contributed by atoms with E-state index < -0.39 is 17.9 Å². The molecule has 0 saturated carbocycles. The Morgan fingerprint density at radius 1 is 1.20 bits per heavy atom. The van der Waals surface area contributed by atoms with Crippen molar-refractivity contribution < 1.29 is 35.2 Å². The molecule has 0 radical (unpaired) electrons. The fourth-order valence-electron chi connectivity index (χ4n) is 1.14. The van der Waals surface area contributed by atoms with E-state index in [1.807, 2.05) is 0 Å². The molecule has 6 heteroatoms. The van der Waals surface area contributed by atoms with Crippen LogP contribution >= 0.6 is 0 Å². The average Bonchev–Trinajstić information content (AvgIpc) is 2.62. The van der Waals surface area contributed by atoms with Crippen LogP contribution in [0.5, 0.6) is 0 Å². The van der Waals surface area contributed by atoms with Gasteiger partial charge < -0.3 is 26.5 Å². The van der Waals surface area contributed by atoms with Crippen LogP contribution < -0.4 is 17.0 Å². The summed E-state index contributed by atoms with van der Waals surface area (Å²) in [5.41, 5.74) is 0.386. The second kappa shape index (κ2) is 6.75. The molecule has 1 heterocycles.